The molecule has 32 heavy (non-hydrogen) atoms. The zero-order valence-electron chi connectivity index (χ0n) is 19.2. The van der Waals surface area contributed by atoms with E-state index in [0.717, 1.165) is 10.1 Å². The Balaban J connectivity index is 1.53. The summed E-state index contributed by atoms with van der Waals surface area (Å²) < 4.78 is 16.9. The summed E-state index contributed by atoms with van der Waals surface area (Å²) in [6.45, 7) is 7.20. The van der Waals surface area contributed by atoms with Crippen LogP contribution < -0.4 is 9.47 Å². The Labute approximate surface area is 192 Å². The molecule has 9 heteroatoms. The fourth-order valence-corrected chi connectivity index (χ4v) is 4.51. The quantitative estimate of drug-likeness (QED) is 0.604. The number of carbonyl (C=O) groups excluding carboxylic acids is 3. The Bertz CT molecular complexity index is 961. The summed E-state index contributed by atoms with van der Waals surface area (Å²) in [4.78, 5) is 41.4. The molecule has 1 aliphatic heterocycles. The maximum atomic E-state index is 12.7. The second kappa shape index (κ2) is 9.77. The van der Waals surface area contributed by atoms with Gasteiger partial charge in [-0.3, -0.25) is 9.59 Å². The summed E-state index contributed by atoms with van der Waals surface area (Å²) in [5, 5.41) is 0.903. The van der Waals surface area contributed by atoms with E-state index in [2.05, 4.69) is 0 Å². The largest absolute Gasteiger partial charge is 0.493 e. The van der Waals surface area contributed by atoms with E-state index in [1.54, 1.807) is 24.0 Å². The van der Waals surface area contributed by atoms with E-state index in [4.69, 9.17) is 14.2 Å². The van der Waals surface area contributed by atoms with Gasteiger partial charge in [-0.15, -0.1) is 11.3 Å². The maximum absolute atomic E-state index is 12.7. The highest BCUT2D eigenvalue weighted by atomic mass is 32.1. The van der Waals surface area contributed by atoms with E-state index in [1.807, 2.05) is 39.0 Å². The molecule has 0 saturated carbocycles. The van der Waals surface area contributed by atoms with Crippen LogP contribution in [0.3, 0.4) is 0 Å². The fraction of sp³-hybridized carbons (Fsp3) is 0.522. The number of hydrogen-bond acceptors (Lipinski definition) is 7. The zero-order chi connectivity index (χ0) is 23.5. The third-order valence-electron chi connectivity index (χ3n) is 5.15. The van der Waals surface area contributed by atoms with Gasteiger partial charge in [0, 0.05) is 49.8 Å². The molecule has 0 unspecified atom stereocenters. The van der Waals surface area contributed by atoms with Gasteiger partial charge in [0.05, 0.1) is 19.1 Å². The van der Waals surface area contributed by atoms with Crippen LogP contribution in [0.2, 0.25) is 0 Å². The third-order valence-corrected chi connectivity index (χ3v) is 6.29. The van der Waals surface area contributed by atoms with Crippen LogP contribution in [-0.2, 0) is 9.53 Å². The van der Waals surface area contributed by atoms with E-state index >= 15 is 0 Å². The molecule has 0 spiro atoms. The number of piperazine rings is 1. The molecule has 1 aromatic carbocycles. The predicted octanol–water partition coefficient (Wildman–Crippen LogP) is 3.96. The normalized spacial score (nSPS) is 14.4. The van der Waals surface area contributed by atoms with Gasteiger partial charge < -0.3 is 24.0 Å². The smallest absolute Gasteiger partial charge is 0.410 e. The number of ether oxygens (including phenoxy) is 3. The van der Waals surface area contributed by atoms with Gasteiger partial charge in [-0.05, 0) is 38.3 Å². The van der Waals surface area contributed by atoms with Crippen LogP contribution >= 0.6 is 11.3 Å². The van der Waals surface area contributed by atoms with Crippen LogP contribution in [0.25, 0.3) is 10.1 Å². The van der Waals surface area contributed by atoms with E-state index in [9.17, 15) is 14.4 Å². The van der Waals surface area contributed by atoms with Crippen molar-refractivity contribution < 1.29 is 28.6 Å². The van der Waals surface area contributed by atoms with Crippen molar-refractivity contribution in [3.8, 4) is 11.5 Å². The van der Waals surface area contributed by atoms with Crippen LogP contribution in [0.5, 0.6) is 11.5 Å². The van der Waals surface area contributed by atoms with Crippen LogP contribution in [0.1, 0.15) is 43.3 Å². The number of hydrogen-bond donors (Lipinski definition) is 0. The summed E-state index contributed by atoms with van der Waals surface area (Å²) in [5.74, 6) is 1.08. The Kier molecular flexibility index (Phi) is 7.28. The van der Waals surface area contributed by atoms with Gasteiger partial charge in [0.2, 0.25) is 5.91 Å². The summed E-state index contributed by atoms with van der Waals surface area (Å²) in [7, 11) is 3.14. The lowest BCUT2D eigenvalue weighted by Gasteiger charge is -2.35. The SMILES string of the molecule is COc1cc2cc(C(=O)CCC(=O)N3CCN(C(=O)OC(C)(C)C)CC3)sc2cc1OC. The molecule has 8 nitrogen and oxygen atoms in total. The second-order valence-electron chi connectivity index (χ2n) is 8.63. The Morgan fingerprint density at radius 2 is 1.50 bits per heavy atom. The van der Waals surface area contributed by atoms with Crippen molar-refractivity contribution >= 4 is 39.2 Å². The number of ketones is 1. The predicted molar refractivity (Wildman–Crippen MR) is 123 cm³/mol. The Hall–Kier alpha value is -2.81. The van der Waals surface area contributed by atoms with Gasteiger partial charge in [-0.2, -0.15) is 0 Å². The summed E-state index contributed by atoms with van der Waals surface area (Å²) >= 11 is 1.38. The molecule has 174 valence electrons. The highest BCUT2D eigenvalue weighted by Crippen LogP contribution is 2.36. The first-order valence-corrected chi connectivity index (χ1v) is 11.4. The fourth-order valence-electron chi connectivity index (χ4n) is 3.47. The molecule has 2 amide bonds. The number of carbonyl (C=O) groups is 3. The number of rotatable bonds is 6. The van der Waals surface area contributed by atoms with E-state index in [1.165, 1.54) is 11.3 Å². The van der Waals surface area contributed by atoms with Gasteiger partial charge in [0.15, 0.2) is 17.3 Å². The topological polar surface area (TPSA) is 85.4 Å². The lowest BCUT2D eigenvalue weighted by molar-refractivity contribution is -0.132. The van der Waals surface area contributed by atoms with Crippen molar-refractivity contribution in [2.45, 2.75) is 39.2 Å². The van der Waals surface area contributed by atoms with Crippen LogP contribution in [0.15, 0.2) is 18.2 Å². The first kappa shape index (κ1) is 23.8. The summed E-state index contributed by atoms with van der Waals surface area (Å²) in [6.07, 6.45) is -0.0731. The molecule has 0 bridgehead atoms. The van der Waals surface area contributed by atoms with Crippen LogP contribution in [-0.4, -0.2) is 73.6 Å². The van der Waals surface area contributed by atoms with Gasteiger partial charge in [0.1, 0.15) is 5.60 Å². The molecular formula is C23H30N2O6S. The molecular weight excluding hydrogens is 432 g/mol. The lowest BCUT2D eigenvalue weighted by atomic mass is 10.1. The van der Waals surface area contributed by atoms with Crippen LogP contribution in [0.4, 0.5) is 4.79 Å². The number of thiophene rings is 1. The van der Waals surface area contributed by atoms with Crippen molar-refractivity contribution in [3.05, 3.63) is 23.1 Å². The van der Waals surface area contributed by atoms with Crippen molar-refractivity contribution in [3.63, 3.8) is 0 Å². The van der Waals surface area contributed by atoms with Crippen molar-refractivity contribution in [2.75, 3.05) is 40.4 Å². The molecule has 0 N–H and O–H groups in total. The Morgan fingerprint density at radius 1 is 0.906 bits per heavy atom. The number of benzene rings is 1. The van der Waals surface area contributed by atoms with Gasteiger partial charge in [-0.1, -0.05) is 0 Å². The molecule has 0 atom stereocenters. The third kappa shape index (κ3) is 5.70. The molecule has 0 aliphatic carbocycles. The van der Waals surface area contributed by atoms with Gasteiger partial charge in [-0.25, -0.2) is 4.79 Å². The molecule has 2 aromatic rings. The minimum absolute atomic E-state index is 0.0649. The zero-order valence-corrected chi connectivity index (χ0v) is 20.0. The highest BCUT2D eigenvalue weighted by Gasteiger charge is 2.28. The first-order valence-electron chi connectivity index (χ1n) is 10.6. The monoisotopic (exact) mass is 462 g/mol. The molecule has 3 rings (SSSR count). The van der Waals surface area contributed by atoms with E-state index in [0.29, 0.717) is 42.6 Å². The molecule has 1 aliphatic rings. The minimum atomic E-state index is -0.548. The van der Waals surface area contributed by atoms with Gasteiger partial charge >= 0.3 is 6.09 Å². The van der Waals surface area contributed by atoms with Gasteiger partial charge in [0.25, 0.3) is 0 Å². The lowest BCUT2D eigenvalue weighted by Crippen LogP contribution is -2.51. The average Bonchev–Trinajstić information content (AvgIpc) is 3.18. The number of fused-ring (bicyclic) bond motifs is 1. The summed E-state index contributed by atoms with van der Waals surface area (Å²) in [6, 6.07) is 5.52. The number of nitrogens with zero attached hydrogens (tertiary/aromatic N) is 2. The molecule has 1 saturated heterocycles. The number of amides is 2. The highest BCUT2D eigenvalue weighted by molar-refractivity contribution is 7.20. The molecule has 1 aromatic heterocycles. The number of Topliss-reactive ketones (excluding diaryl/α,β-unsaturated/α-hetero) is 1. The molecule has 1 fully saturated rings. The summed E-state index contributed by atoms with van der Waals surface area (Å²) in [5.41, 5.74) is -0.548. The minimum Gasteiger partial charge on any atom is -0.493 e. The van der Waals surface area contributed by atoms with Crippen molar-refractivity contribution in [2.24, 2.45) is 0 Å². The average molecular weight is 463 g/mol. The first-order chi connectivity index (χ1) is 15.1. The second-order valence-corrected chi connectivity index (χ2v) is 9.71. The molecule has 0 radical (unpaired) electrons. The number of methoxy groups -OCH3 is 2. The standard InChI is InChI=1S/C23H30N2O6S/c1-23(2,3)31-22(28)25-10-8-24(9-11-25)21(27)7-6-16(26)20-13-15-12-17(29-4)18(30-5)14-19(15)32-20/h12-14H,6-11H2,1-5H3. The van der Waals surface area contributed by atoms with E-state index in [-0.39, 0.29) is 30.6 Å². The van der Waals surface area contributed by atoms with Crippen molar-refractivity contribution in [1.82, 2.24) is 9.80 Å². The molecule has 2 heterocycles. The Morgan fingerprint density at radius 3 is 2.09 bits per heavy atom. The van der Waals surface area contributed by atoms with Crippen LogP contribution in [0, 0.1) is 0 Å². The van der Waals surface area contributed by atoms with E-state index < -0.39 is 5.60 Å². The maximum Gasteiger partial charge on any atom is 0.410 e. The van der Waals surface area contributed by atoms with Crippen molar-refractivity contribution in [1.29, 1.82) is 0 Å².